The molecule has 0 aliphatic heterocycles. The third kappa shape index (κ3) is 3.72. The highest BCUT2D eigenvalue weighted by Crippen LogP contribution is 2.20. The number of nitrogens with one attached hydrogen (secondary N) is 1. The maximum Gasteiger partial charge on any atom is 0.253 e. The fourth-order valence-corrected chi connectivity index (χ4v) is 2.98. The van der Waals surface area contributed by atoms with Gasteiger partial charge in [0.25, 0.3) is 5.91 Å². The Morgan fingerprint density at radius 1 is 1.12 bits per heavy atom. The highest BCUT2D eigenvalue weighted by molar-refractivity contribution is 5.96. The second-order valence-corrected chi connectivity index (χ2v) is 6.36. The van der Waals surface area contributed by atoms with Gasteiger partial charge in [0.2, 0.25) is 5.91 Å². The summed E-state index contributed by atoms with van der Waals surface area (Å²) in [6.07, 6.45) is 1.76. The van der Waals surface area contributed by atoms with Crippen LogP contribution in [-0.2, 0) is 11.3 Å². The fraction of sp³-hybridized carbons (Fsp3) is 0.190. The normalized spacial score (nSPS) is 10.6. The largest absolute Gasteiger partial charge is 0.337 e. The second kappa shape index (κ2) is 7.35. The minimum absolute atomic E-state index is 0.0663. The van der Waals surface area contributed by atoms with E-state index < -0.39 is 0 Å². The highest BCUT2D eigenvalue weighted by atomic mass is 16.2. The van der Waals surface area contributed by atoms with Crippen LogP contribution in [0.25, 0.3) is 10.9 Å². The predicted molar refractivity (Wildman–Crippen MR) is 103 cm³/mol. The van der Waals surface area contributed by atoms with E-state index in [1.807, 2.05) is 37.3 Å². The van der Waals surface area contributed by atoms with E-state index in [0.717, 1.165) is 27.7 Å². The molecule has 0 bridgehead atoms. The Labute approximate surface area is 152 Å². The third-order valence-electron chi connectivity index (χ3n) is 4.27. The summed E-state index contributed by atoms with van der Waals surface area (Å²) in [7, 11) is 1.79. The van der Waals surface area contributed by atoms with Crippen molar-refractivity contribution in [2.75, 3.05) is 12.4 Å². The first-order valence-corrected chi connectivity index (χ1v) is 8.42. The van der Waals surface area contributed by atoms with Crippen molar-refractivity contribution in [2.24, 2.45) is 0 Å². The molecule has 1 N–H and O–H groups in total. The van der Waals surface area contributed by atoms with Crippen molar-refractivity contribution in [3.05, 3.63) is 71.4 Å². The van der Waals surface area contributed by atoms with Gasteiger partial charge in [-0.2, -0.15) is 0 Å². The van der Waals surface area contributed by atoms with E-state index in [1.165, 1.54) is 6.92 Å². The maximum atomic E-state index is 12.8. The number of amides is 2. The van der Waals surface area contributed by atoms with Gasteiger partial charge < -0.3 is 10.2 Å². The lowest BCUT2D eigenvalue weighted by molar-refractivity contribution is -0.114. The SMILES string of the molecule is CC(=O)Nc1ccc(C(=O)N(C)Cc2cccc3ncccc23)cc1C. The first-order valence-electron chi connectivity index (χ1n) is 8.42. The Balaban J connectivity index is 1.81. The van der Waals surface area contributed by atoms with Crippen LogP contribution in [0.15, 0.2) is 54.7 Å². The first-order chi connectivity index (χ1) is 12.5. The molecule has 0 atom stereocenters. The smallest absolute Gasteiger partial charge is 0.253 e. The standard InChI is InChI=1S/C21H21N3O2/c1-14-12-16(9-10-19(14)23-15(2)25)21(26)24(3)13-17-6-4-8-20-18(17)7-5-11-22-20/h4-12H,13H2,1-3H3,(H,23,25). The maximum absolute atomic E-state index is 12.8. The van der Waals surface area contributed by atoms with Gasteiger partial charge in [-0.1, -0.05) is 18.2 Å². The van der Waals surface area contributed by atoms with Gasteiger partial charge in [0.1, 0.15) is 0 Å². The number of carbonyl (C=O) groups is 2. The van der Waals surface area contributed by atoms with Gasteiger partial charge in [-0.3, -0.25) is 14.6 Å². The van der Waals surface area contributed by atoms with E-state index in [9.17, 15) is 9.59 Å². The summed E-state index contributed by atoms with van der Waals surface area (Å²) in [5, 5.41) is 3.81. The topological polar surface area (TPSA) is 62.3 Å². The zero-order valence-electron chi connectivity index (χ0n) is 15.1. The molecule has 132 valence electrons. The summed E-state index contributed by atoms with van der Waals surface area (Å²) in [5.74, 6) is -0.197. The average molecular weight is 347 g/mol. The van der Waals surface area contributed by atoms with Gasteiger partial charge >= 0.3 is 0 Å². The summed E-state index contributed by atoms with van der Waals surface area (Å²) in [5.41, 5.74) is 4.14. The minimum Gasteiger partial charge on any atom is -0.337 e. The van der Waals surface area contributed by atoms with Crippen LogP contribution in [0.1, 0.15) is 28.4 Å². The number of aryl methyl sites for hydroxylation is 1. The van der Waals surface area contributed by atoms with E-state index in [-0.39, 0.29) is 11.8 Å². The lowest BCUT2D eigenvalue weighted by atomic mass is 10.1. The third-order valence-corrected chi connectivity index (χ3v) is 4.27. The number of fused-ring (bicyclic) bond motifs is 1. The molecular weight excluding hydrogens is 326 g/mol. The van der Waals surface area contributed by atoms with Gasteiger partial charge in [-0.05, 0) is 48.4 Å². The van der Waals surface area contributed by atoms with Gasteiger partial charge in [0, 0.05) is 43.4 Å². The van der Waals surface area contributed by atoms with Gasteiger partial charge in [-0.25, -0.2) is 0 Å². The summed E-state index contributed by atoms with van der Waals surface area (Å²) in [4.78, 5) is 30.1. The molecule has 3 rings (SSSR count). The zero-order chi connectivity index (χ0) is 18.7. The monoisotopic (exact) mass is 347 g/mol. The Hall–Kier alpha value is -3.21. The minimum atomic E-state index is -0.131. The Morgan fingerprint density at radius 2 is 1.92 bits per heavy atom. The van der Waals surface area contributed by atoms with Gasteiger partial charge in [-0.15, -0.1) is 0 Å². The molecule has 26 heavy (non-hydrogen) atoms. The fourth-order valence-electron chi connectivity index (χ4n) is 2.98. The molecule has 0 unspecified atom stereocenters. The van der Waals surface area contributed by atoms with Crippen LogP contribution in [0.4, 0.5) is 5.69 Å². The first kappa shape index (κ1) is 17.6. The number of anilines is 1. The number of hydrogen-bond donors (Lipinski definition) is 1. The molecule has 2 aromatic carbocycles. The van der Waals surface area contributed by atoms with Gasteiger partial charge in [0.05, 0.1) is 5.52 Å². The van der Waals surface area contributed by atoms with Crippen molar-refractivity contribution in [2.45, 2.75) is 20.4 Å². The van der Waals surface area contributed by atoms with Crippen LogP contribution in [-0.4, -0.2) is 28.7 Å². The Kier molecular flexibility index (Phi) is 4.98. The van der Waals surface area contributed by atoms with Crippen molar-refractivity contribution < 1.29 is 9.59 Å². The van der Waals surface area contributed by atoms with E-state index in [0.29, 0.717) is 12.1 Å². The number of rotatable bonds is 4. The van der Waals surface area contributed by atoms with Crippen LogP contribution < -0.4 is 5.32 Å². The molecular formula is C21H21N3O2. The van der Waals surface area contributed by atoms with Crippen LogP contribution in [0, 0.1) is 6.92 Å². The lowest BCUT2D eigenvalue weighted by Crippen LogP contribution is -2.26. The summed E-state index contributed by atoms with van der Waals surface area (Å²) in [6, 6.07) is 15.1. The predicted octanol–water partition coefficient (Wildman–Crippen LogP) is 3.77. The summed E-state index contributed by atoms with van der Waals surface area (Å²) >= 11 is 0. The summed E-state index contributed by atoms with van der Waals surface area (Å²) in [6.45, 7) is 3.83. The number of nitrogens with zero attached hydrogens (tertiary/aromatic N) is 2. The van der Waals surface area contributed by atoms with Crippen LogP contribution in [0.5, 0.6) is 0 Å². The highest BCUT2D eigenvalue weighted by Gasteiger charge is 2.14. The van der Waals surface area contributed by atoms with E-state index in [1.54, 1.807) is 36.3 Å². The molecule has 3 aromatic rings. The van der Waals surface area contributed by atoms with Crippen LogP contribution >= 0.6 is 0 Å². The van der Waals surface area contributed by atoms with Gasteiger partial charge in [0.15, 0.2) is 0 Å². The average Bonchev–Trinajstić information content (AvgIpc) is 2.62. The molecule has 0 fully saturated rings. The van der Waals surface area contributed by atoms with Crippen molar-refractivity contribution >= 4 is 28.4 Å². The Morgan fingerprint density at radius 3 is 2.65 bits per heavy atom. The molecule has 5 nitrogen and oxygen atoms in total. The molecule has 0 spiro atoms. The Bertz CT molecular complexity index is 977. The van der Waals surface area contributed by atoms with Crippen molar-refractivity contribution in [3.63, 3.8) is 0 Å². The second-order valence-electron chi connectivity index (χ2n) is 6.36. The van der Waals surface area contributed by atoms with E-state index >= 15 is 0 Å². The lowest BCUT2D eigenvalue weighted by Gasteiger charge is -2.19. The van der Waals surface area contributed by atoms with Crippen LogP contribution in [0.3, 0.4) is 0 Å². The van der Waals surface area contributed by atoms with Crippen LogP contribution in [0.2, 0.25) is 0 Å². The molecule has 0 aliphatic rings. The number of benzene rings is 2. The molecule has 5 heteroatoms. The number of carbonyl (C=O) groups excluding carboxylic acids is 2. The number of pyridine rings is 1. The number of aromatic nitrogens is 1. The van der Waals surface area contributed by atoms with E-state index in [2.05, 4.69) is 10.3 Å². The molecule has 1 aromatic heterocycles. The quantitative estimate of drug-likeness (QED) is 0.781. The molecule has 0 saturated carbocycles. The molecule has 0 aliphatic carbocycles. The van der Waals surface area contributed by atoms with Crippen molar-refractivity contribution in [3.8, 4) is 0 Å². The van der Waals surface area contributed by atoms with Crippen molar-refractivity contribution in [1.29, 1.82) is 0 Å². The zero-order valence-corrected chi connectivity index (χ0v) is 15.1. The number of hydrogen-bond acceptors (Lipinski definition) is 3. The molecule has 0 radical (unpaired) electrons. The molecule has 2 amide bonds. The molecule has 0 saturated heterocycles. The summed E-state index contributed by atoms with van der Waals surface area (Å²) < 4.78 is 0. The van der Waals surface area contributed by atoms with Crippen molar-refractivity contribution in [1.82, 2.24) is 9.88 Å². The molecule has 1 heterocycles. The van der Waals surface area contributed by atoms with E-state index in [4.69, 9.17) is 0 Å².